The molecule has 27 heavy (non-hydrogen) atoms. The van der Waals surface area contributed by atoms with Gasteiger partial charge in [-0.15, -0.1) is 0 Å². The Hall–Kier alpha value is -2.82. The fraction of sp³-hybridized carbons (Fsp3) is 0.364. The smallest absolute Gasteiger partial charge is 0.227 e. The number of anilines is 1. The second kappa shape index (κ2) is 7.43. The highest BCUT2D eigenvalue weighted by Gasteiger charge is 2.34. The van der Waals surface area contributed by atoms with E-state index in [0.29, 0.717) is 13.0 Å². The van der Waals surface area contributed by atoms with E-state index < -0.39 is 0 Å². The number of rotatable bonds is 6. The Morgan fingerprint density at radius 3 is 2.85 bits per heavy atom. The predicted octanol–water partition coefficient (Wildman–Crippen LogP) is 4.37. The summed E-state index contributed by atoms with van der Waals surface area (Å²) < 4.78 is 7.62. The van der Waals surface area contributed by atoms with E-state index in [1.807, 2.05) is 35.2 Å². The highest BCUT2D eigenvalue weighted by Crippen LogP contribution is 2.34. The number of aromatic nitrogens is 2. The molecule has 4 rings (SSSR count). The Labute approximate surface area is 159 Å². The van der Waals surface area contributed by atoms with Crippen LogP contribution in [0.3, 0.4) is 0 Å². The minimum absolute atomic E-state index is 0.105. The molecule has 5 heteroatoms. The molecule has 5 nitrogen and oxygen atoms in total. The van der Waals surface area contributed by atoms with Crippen LogP contribution >= 0.6 is 0 Å². The Balaban J connectivity index is 1.67. The number of fused-ring (bicyclic) bond motifs is 1. The van der Waals surface area contributed by atoms with E-state index in [0.717, 1.165) is 47.7 Å². The summed E-state index contributed by atoms with van der Waals surface area (Å²) in [5.41, 5.74) is 3.06. The van der Waals surface area contributed by atoms with Crippen LogP contribution in [0.1, 0.15) is 37.9 Å². The van der Waals surface area contributed by atoms with Gasteiger partial charge in [-0.1, -0.05) is 31.5 Å². The van der Waals surface area contributed by atoms with Gasteiger partial charge in [0, 0.05) is 37.2 Å². The van der Waals surface area contributed by atoms with Crippen LogP contribution in [-0.4, -0.2) is 29.1 Å². The lowest BCUT2D eigenvalue weighted by Gasteiger charge is -2.18. The zero-order valence-corrected chi connectivity index (χ0v) is 15.9. The van der Waals surface area contributed by atoms with Gasteiger partial charge in [0.2, 0.25) is 5.91 Å². The van der Waals surface area contributed by atoms with Gasteiger partial charge < -0.3 is 14.2 Å². The van der Waals surface area contributed by atoms with Crippen molar-refractivity contribution in [3.63, 3.8) is 0 Å². The van der Waals surface area contributed by atoms with Crippen LogP contribution in [0.5, 0.6) is 5.75 Å². The number of amides is 1. The summed E-state index contributed by atoms with van der Waals surface area (Å²) in [7, 11) is 1.64. The lowest BCUT2D eigenvalue weighted by atomic mass is 10.1. The van der Waals surface area contributed by atoms with Crippen LogP contribution < -0.4 is 9.64 Å². The highest BCUT2D eigenvalue weighted by molar-refractivity contribution is 5.96. The standard InChI is InChI=1S/C22H25N3O2/c1-3-4-12-24-20-11-6-5-10-19(20)23-22(24)16-13-21(26)25(15-16)17-8-7-9-18(14-17)27-2/h5-11,14,16H,3-4,12-13,15H2,1-2H3/t16-/m1/s1. The minimum Gasteiger partial charge on any atom is -0.497 e. The summed E-state index contributed by atoms with van der Waals surface area (Å²) in [6.45, 7) is 3.79. The quantitative estimate of drug-likeness (QED) is 0.653. The first-order valence-corrected chi connectivity index (χ1v) is 9.61. The van der Waals surface area contributed by atoms with Crippen LogP contribution in [0.25, 0.3) is 11.0 Å². The van der Waals surface area contributed by atoms with Gasteiger partial charge in [-0.05, 0) is 30.7 Å². The van der Waals surface area contributed by atoms with Gasteiger partial charge in [-0.25, -0.2) is 4.98 Å². The molecule has 3 aromatic rings. The maximum Gasteiger partial charge on any atom is 0.227 e. The Bertz CT molecular complexity index is 963. The first-order valence-electron chi connectivity index (χ1n) is 9.61. The van der Waals surface area contributed by atoms with Crippen molar-refractivity contribution in [3.8, 4) is 5.75 Å². The fourth-order valence-corrected chi connectivity index (χ4v) is 3.87. The summed E-state index contributed by atoms with van der Waals surface area (Å²) in [6.07, 6.45) is 2.73. The van der Waals surface area contributed by atoms with Crippen LogP contribution in [-0.2, 0) is 11.3 Å². The average Bonchev–Trinajstić information content (AvgIpc) is 3.27. The number of unbranched alkanes of at least 4 members (excludes halogenated alkanes) is 1. The Morgan fingerprint density at radius 2 is 2.04 bits per heavy atom. The predicted molar refractivity (Wildman–Crippen MR) is 107 cm³/mol. The van der Waals surface area contributed by atoms with Gasteiger partial charge in [-0.3, -0.25) is 4.79 Å². The van der Waals surface area contributed by atoms with E-state index in [1.165, 1.54) is 0 Å². The molecule has 2 aromatic carbocycles. The maximum absolute atomic E-state index is 12.7. The number of carbonyl (C=O) groups excluding carboxylic acids is 1. The SMILES string of the molecule is CCCCn1c([C@@H]2CC(=O)N(c3cccc(OC)c3)C2)nc2ccccc21. The number of imidazole rings is 1. The van der Waals surface area contributed by atoms with Gasteiger partial charge in [-0.2, -0.15) is 0 Å². The van der Waals surface area contributed by atoms with Crippen molar-refractivity contribution in [1.29, 1.82) is 0 Å². The molecule has 1 fully saturated rings. The molecule has 0 spiro atoms. The molecule has 1 atom stereocenters. The second-order valence-corrected chi connectivity index (χ2v) is 7.07. The summed E-state index contributed by atoms with van der Waals surface area (Å²) in [4.78, 5) is 19.5. The van der Waals surface area contributed by atoms with Crippen molar-refractivity contribution in [2.45, 2.75) is 38.6 Å². The molecule has 0 N–H and O–H groups in total. The lowest BCUT2D eigenvalue weighted by Crippen LogP contribution is -2.24. The number of para-hydroxylation sites is 2. The number of hydrogen-bond donors (Lipinski definition) is 0. The topological polar surface area (TPSA) is 47.4 Å². The Kier molecular flexibility index (Phi) is 4.84. The van der Waals surface area contributed by atoms with Gasteiger partial charge in [0.15, 0.2) is 0 Å². The van der Waals surface area contributed by atoms with Crippen molar-refractivity contribution in [2.24, 2.45) is 0 Å². The molecule has 1 saturated heterocycles. The summed E-state index contributed by atoms with van der Waals surface area (Å²) in [5, 5.41) is 0. The number of ether oxygens (including phenoxy) is 1. The highest BCUT2D eigenvalue weighted by atomic mass is 16.5. The van der Waals surface area contributed by atoms with E-state index in [1.54, 1.807) is 7.11 Å². The molecule has 0 radical (unpaired) electrons. The van der Waals surface area contributed by atoms with Crippen LogP contribution in [0.15, 0.2) is 48.5 Å². The molecule has 140 valence electrons. The molecule has 0 bridgehead atoms. The maximum atomic E-state index is 12.7. The number of nitrogens with zero attached hydrogens (tertiary/aromatic N) is 3. The first-order chi connectivity index (χ1) is 13.2. The minimum atomic E-state index is 0.105. The van der Waals surface area contributed by atoms with Crippen LogP contribution in [0.2, 0.25) is 0 Å². The van der Waals surface area contributed by atoms with Crippen molar-refractivity contribution in [2.75, 3.05) is 18.6 Å². The molecule has 1 aliphatic heterocycles. The van der Waals surface area contributed by atoms with Gasteiger partial charge >= 0.3 is 0 Å². The second-order valence-electron chi connectivity index (χ2n) is 7.07. The average molecular weight is 363 g/mol. The summed E-state index contributed by atoms with van der Waals surface area (Å²) in [6, 6.07) is 15.9. The number of benzene rings is 2. The van der Waals surface area contributed by atoms with Gasteiger partial charge in [0.05, 0.1) is 18.1 Å². The van der Waals surface area contributed by atoms with Gasteiger partial charge in [0.1, 0.15) is 11.6 Å². The molecule has 1 amide bonds. The number of aryl methyl sites for hydroxylation is 1. The third-order valence-electron chi connectivity index (χ3n) is 5.27. The van der Waals surface area contributed by atoms with E-state index in [2.05, 4.69) is 29.7 Å². The fourth-order valence-electron chi connectivity index (χ4n) is 3.87. The molecular formula is C22H25N3O2. The molecular weight excluding hydrogens is 338 g/mol. The van der Waals surface area contributed by atoms with Crippen molar-refractivity contribution >= 4 is 22.6 Å². The third kappa shape index (κ3) is 3.29. The van der Waals surface area contributed by atoms with E-state index in [4.69, 9.17) is 9.72 Å². The Morgan fingerprint density at radius 1 is 1.19 bits per heavy atom. The van der Waals surface area contributed by atoms with Crippen molar-refractivity contribution in [3.05, 3.63) is 54.4 Å². The summed E-state index contributed by atoms with van der Waals surface area (Å²) >= 11 is 0. The summed E-state index contributed by atoms with van der Waals surface area (Å²) in [5.74, 6) is 2.04. The van der Waals surface area contributed by atoms with E-state index in [-0.39, 0.29) is 11.8 Å². The number of hydrogen-bond acceptors (Lipinski definition) is 3. The van der Waals surface area contributed by atoms with Crippen molar-refractivity contribution in [1.82, 2.24) is 9.55 Å². The van der Waals surface area contributed by atoms with Crippen LogP contribution in [0, 0.1) is 0 Å². The molecule has 2 heterocycles. The number of methoxy groups -OCH3 is 1. The van der Waals surface area contributed by atoms with Gasteiger partial charge in [0.25, 0.3) is 0 Å². The van der Waals surface area contributed by atoms with Crippen molar-refractivity contribution < 1.29 is 9.53 Å². The molecule has 0 unspecified atom stereocenters. The van der Waals surface area contributed by atoms with Crippen LogP contribution in [0.4, 0.5) is 5.69 Å². The molecule has 0 aliphatic carbocycles. The largest absolute Gasteiger partial charge is 0.497 e. The first kappa shape index (κ1) is 17.6. The molecule has 1 aromatic heterocycles. The molecule has 1 aliphatic rings. The molecule has 0 saturated carbocycles. The monoisotopic (exact) mass is 363 g/mol. The number of carbonyl (C=O) groups is 1. The normalized spacial score (nSPS) is 17.0. The third-order valence-corrected chi connectivity index (χ3v) is 5.27. The van der Waals surface area contributed by atoms with E-state index >= 15 is 0 Å². The lowest BCUT2D eigenvalue weighted by molar-refractivity contribution is -0.117. The zero-order chi connectivity index (χ0) is 18.8. The zero-order valence-electron chi connectivity index (χ0n) is 15.9. The van der Waals surface area contributed by atoms with E-state index in [9.17, 15) is 4.79 Å².